The first-order valence-corrected chi connectivity index (χ1v) is 9.43. The lowest BCUT2D eigenvalue weighted by molar-refractivity contribution is -0.133. The van der Waals surface area contributed by atoms with Gasteiger partial charge in [0.2, 0.25) is 5.91 Å². The van der Waals surface area contributed by atoms with Gasteiger partial charge in [0.25, 0.3) is 0 Å². The number of hydrogen-bond donors (Lipinski definition) is 5. The summed E-state index contributed by atoms with van der Waals surface area (Å²) in [5, 5.41) is 13.4. The molecule has 0 aromatic rings. The quantitative estimate of drug-likeness (QED) is 0.261. The van der Waals surface area contributed by atoms with Gasteiger partial charge in [0.1, 0.15) is 0 Å². The molecule has 0 unspecified atom stereocenters. The molecule has 1 saturated heterocycles. The van der Waals surface area contributed by atoms with E-state index < -0.39 is 0 Å². The van der Waals surface area contributed by atoms with Crippen molar-refractivity contribution in [3.8, 4) is 0 Å². The monoisotopic (exact) mass is 338 g/mol. The fourth-order valence-corrected chi connectivity index (χ4v) is 3.87. The molecule has 7 N–H and O–H groups in total. The van der Waals surface area contributed by atoms with Gasteiger partial charge in [-0.05, 0) is 38.0 Å². The first-order chi connectivity index (χ1) is 11.6. The topological polar surface area (TPSA) is 120 Å². The predicted molar refractivity (Wildman–Crippen MR) is 96.7 cm³/mol. The van der Waals surface area contributed by atoms with E-state index in [-0.39, 0.29) is 24.0 Å². The summed E-state index contributed by atoms with van der Waals surface area (Å²) in [7, 11) is 0. The van der Waals surface area contributed by atoms with Crippen LogP contribution < -0.4 is 22.1 Å². The van der Waals surface area contributed by atoms with E-state index in [2.05, 4.69) is 15.5 Å². The Labute approximate surface area is 145 Å². The van der Waals surface area contributed by atoms with Crippen molar-refractivity contribution in [2.24, 2.45) is 17.4 Å². The molecule has 138 valence electrons. The Morgan fingerprint density at radius 2 is 2.04 bits per heavy atom. The van der Waals surface area contributed by atoms with E-state index in [1.54, 1.807) is 0 Å². The highest BCUT2D eigenvalue weighted by molar-refractivity contribution is 5.82. The summed E-state index contributed by atoms with van der Waals surface area (Å²) in [5.41, 5.74) is 11.2. The van der Waals surface area contributed by atoms with Gasteiger partial charge in [-0.2, -0.15) is 0 Å². The number of rotatable bonds is 7. The predicted octanol–water partition coefficient (Wildman–Crippen LogP) is 0.348. The molecular formula is C17H34N6O. The van der Waals surface area contributed by atoms with E-state index in [1.807, 2.05) is 0 Å². The summed E-state index contributed by atoms with van der Waals surface area (Å²) in [6.45, 7) is 2.90. The number of guanidine groups is 1. The van der Waals surface area contributed by atoms with Gasteiger partial charge in [-0.3, -0.25) is 10.2 Å². The third kappa shape index (κ3) is 5.94. The molecule has 0 spiro atoms. The van der Waals surface area contributed by atoms with Crippen molar-refractivity contribution in [2.45, 2.75) is 63.5 Å². The van der Waals surface area contributed by atoms with Crippen molar-refractivity contribution in [1.82, 2.24) is 15.5 Å². The molecule has 1 saturated carbocycles. The van der Waals surface area contributed by atoms with Crippen LogP contribution in [0, 0.1) is 11.3 Å². The maximum Gasteiger partial charge on any atom is 0.239 e. The standard InChI is InChI=1S/C17H34N6O/c18-11-14-8-10-23(12-13-5-2-1-3-6-13)16(24)15(22-14)7-4-9-21-17(19)20/h13-15,22H,1-12,18H2,(H4,19,20,21)/t14-,15-/m1/s1. The fourth-order valence-electron chi connectivity index (χ4n) is 3.87. The van der Waals surface area contributed by atoms with E-state index in [4.69, 9.17) is 16.9 Å². The average Bonchev–Trinajstić information content (AvgIpc) is 2.73. The SMILES string of the molecule is N=C(N)NCCC[C@H]1N[C@@H](CN)CCN(CC2CCCCC2)C1=O. The Bertz CT molecular complexity index is 410. The molecule has 2 atom stereocenters. The number of amides is 1. The zero-order valence-electron chi connectivity index (χ0n) is 14.7. The lowest BCUT2D eigenvalue weighted by Gasteiger charge is -2.30. The summed E-state index contributed by atoms with van der Waals surface area (Å²) < 4.78 is 0. The normalized spacial score (nSPS) is 26.2. The minimum Gasteiger partial charge on any atom is -0.370 e. The zero-order chi connectivity index (χ0) is 17.4. The fraction of sp³-hybridized carbons (Fsp3) is 0.882. The molecule has 2 fully saturated rings. The lowest BCUT2D eigenvalue weighted by atomic mass is 9.89. The smallest absolute Gasteiger partial charge is 0.239 e. The van der Waals surface area contributed by atoms with Crippen LogP contribution in [0.25, 0.3) is 0 Å². The van der Waals surface area contributed by atoms with Gasteiger partial charge in [0, 0.05) is 32.2 Å². The molecule has 0 aromatic carbocycles. The highest BCUT2D eigenvalue weighted by Crippen LogP contribution is 2.25. The third-order valence-corrected chi connectivity index (χ3v) is 5.27. The summed E-state index contributed by atoms with van der Waals surface area (Å²) in [6.07, 6.45) is 8.93. The lowest BCUT2D eigenvalue weighted by Crippen LogP contribution is -2.48. The van der Waals surface area contributed by atoms with Crippen LogP contribution in [0.2, 0.25) is 0 Å². The second-order valence-corrected chi connectivity index (χ2v) is 7.21. The van der Waals surface area contributed by atoms with E-state index in [0.29, 0.717) is 19.0 Å². The second kappa shape index (κ2) is 9.84. The molecule has 7 nitrogen and oxygen atoms in total. The molecular weight excluding hydrogens is 304 g/mol. The highest BCUT2D eigenvalue weighted by Gasteiger charge is 2.31. The van der Waals surface area contributed by atoms with Crippen molar-refractivity contribution >= 4 is 11.9 Å². The first-order valence-electron chi connectivity index (χ1n) is 9.43. The molecule has 2 rings (SSSR count). The van der Waals surface area contributed by atoms with Crippen LogP contribution in [0.15, 0.2) is 0 Å². The maximum atomic E-state index is 12.9. The number of nitrogens with zero attached hydrogens (tertiary/aromatic N) is 1. The van der Waals surface area contributed by atoms with Crippen molar-refractivity contribution < 1.29 is 4.79 Å². The third-order valence-electron chi connectivity index (χ3n) is 5.27. The van der Waals surface area contributed by atoms with E-state index in [0.717, 1.165) is 32.4 Å². The molecule has 1 amide bonds. The van der Waals surface area contributed by atoms with Crippen molar-refractivity contribution in [3.63, 3.8) is 0 Å². The van der Waals surface area contributed by atoms with Gasteiger partial charge in [-0.1, -0.05) is 19.3 Å². The van der Waals surface area contributed by atoms with Crippen LogP contribution in [0.1, 0.15) is 51.4 Å². The molecule has 24 heavy (non-hydrogen) atoms. The van der Waals surface area contributed by atoms with Crippen LogP contribution in [0.3, 0.4) is 0 Å². The van der Waals surface area contributed by atoms with E-state index in [1.165, 1.54) is 32.1 Å². The number of nitrogens with two attached hydrogens (primary N) is 2. The molecule has 2 aliphatic rings. The number of carbonyl (C=O) groups excluding carboxylic acids is 1. The Hall–Kier alpha value is -1.34. The van der Waals surface area contributed by atoms with Crippen LogP contribution in [0.5, 0.6) is 0 Å². The zero-order valence-corrected chi connectivity index (χ0v) is 14.7. The van der Waals surface area contributed by atoms with Crippen LogP contribution in [-0.2, 0) is 4.79 Å². The van der Waals surface area contributed by atoms with Gasteiger partial charge in [-0.25, -0.2) is 0 Å². The molecule has 0 aromatic heterocycles. The summed E-state index contributed by atoms with van der Waals surface area (Å²) >= 11 is 0. The van der Waals surface area contributed by atoms with Crippen molar-refractivity contribution in [2.75, 3.05) is 26.2 Å². The molecule has 1 aliphatic carbocycles. The van der Waals surface area contributed by atoms with Crippen LogP contribution >= 0.6 is 0 Å². The van der Waals surface area contributed by atoms with Crippen molar-refractivity contribution in [1.29, 1.82) is 5.41 Å². The van der Waals surface area contributed by atoms with Gasteiger partial charge in [0.15, 0.2) is 5.96 Å². The average molecular weight is 339 g/mol. The van der Waals surface area contributed by atoms with Crippen LogP contribution in [-0.4, -0.2) is 55.0 Å². The van der Waals surface area contributed by atoms with Crippen molar-refractivity contribution in [3.05, 3.63) is 0 Å². The largest absolute Gasteiger partial charge is 0.370 e. The highest BCUT2D eigenvalue weighted by atomic mass is 16.2. The molecule has 1 aliphatic heterocycles. The molecule has 1 heterocycles. The van der Waals surface area contributed by atoms with Gasteiger partial charge < -0.3 is 27.0 Å². The maximum absolute atomic E-state index is 12.9. The minimum absolute atomic E-state index is 0.0195. The van der Waals surface area contributed by atoms with Crippen LogP contribution in [0.4, 0.5) is 0 Å². The Morgan fingerprint density at radius 3 is 2.71 bits per heavy atom. The number of carbonyl (C=O) groups is 1. The van der Waals surface area contributed by atoms with E-state index in [9.17, 15) is 4.79 Å². The van der Waals surface area contributed by atoms with Gasteiger partial charge in [-0.15, -0.1) is 0 Å². The number of hydrogen-bond acceptors (Lipinski definition) is 4. The second-order valence-electron chi connectivity index (χ2n) is 7.21. The van der Waals surface area contributed by atoms with E-state index >= 15 is 0 Å². The Kier molecular flexibility index (Phi) is 7.78. The van der Waals surface area contributed by atoms with Gasteiger partial charge >= 0.3 is 0 Å². The minimum atomic E-state index is -0.168. The summed E-state index contributed by atoms with van der Waals surface area (Å²) in [5.74, 6) is 0.866. The Balaban J connectivity index is 1.90. The first kappa shape index (κ1) is 19.0. The number of nitrogens with one attached hydrogen (secondary N) is 3. The van der Waals surface area contributed by atoms with Gasteiger partial charge in [0.05, 0.1) is 6.04 Å². The Morgan fingerprint density at radius 1 is 1.29 bits per heavy atom. The summed E-state index contributed by atoms with van der Waals surface area (Å²) in [4.78, 5) is 15.0. The summed E-state index contributed by atoms with van der Waals surface area (Å²) in [6, 6.07) is 0.0365. The molecule has 0 radical (unpaired) electrons. The molecule has 0 bridgehead atoms. The molecule has 7 heteroatoms.